The van der Waals surface area contributed by atoms with Crippen molar-refractivity contribution < 1.29 is 14.3 Å². The standard InChI is InChI=1S/C19H17NO3/c1-11(2)20-17-14-9-5-6-10-15(14)23-19(22)16(17)12-7-3-4-8-13(12)18(20)21/h3-11,16-17H,1-2H3/t16-,17+/m1/s1. The van der Waals surface area contributed by atoms with E-state index in [0.717, 1.165) is 11.1 Å². The van der Waals surface area contributed by atoms with Gasteiger partial charge in [-0.2, -0.15) is 0 Å². The number of esters is 1. The average molecular weight is 307 g/mol. The highest BCUT2D eigenvalue weighted by molar-refractivity contribution is 6.01. The fourth-order valence-corrected chi connectivity index (χ4v) is 3.69. The van der Waals surface area contributed by atoms with Crippen molar-refractivity contribution in [3.8, 4) is 5.75 Å². The molecule has 0 radical (unpaired) electrons. The first-order chi connectivity index (χ1) is 11.1. The molecule has 2 atom stereocenters. The Kier molecular flexibility index (Phi) is 3.01. The Morgan fingerprint density at radius 2 is 1.61 bits per heavy atom. The Balaban J connectivity index is 2.00. The van der Waals surface area contributed by atoms with Gasteiger partial charge in [0, 0.05) is 17.2 Å². The number of hydrogen-bond donors (Lipinski definition) is 0. The van der Waals surface area contributed by atoms with E-state index in [1.165, 1.54) is 0 Å². The molecule has 116 valence electrons. The van der Waals surface area contributed by atoms with Crippen molar-refractivity contribution in [1.29, 1.82) is 0 Å². The molecule has 4 rings (SSSR count). The maximum Gasteiger partial charge on any atom is 0.321 e. The maximum absolute atomic E-state index is 13.0. The minimum absolute atomic E-state index is 0.0117. The summed E-state index contributed by atoms with van der Waals surface area (Å²) in [4.78, 5) is 27.5. The summed E-state index contributed by atoms with van der Waals surface area (Å²) in [6.45, 7) is 3.96. The number of carbonyl (C=O) groups excluding carboxylic acids is 2. The molecule has 0 saturated heterocycles. The summed E-state index contributed by atoms with van der Waals surface area (Å²) in [6.07, 6.45) is 0. The fraction of sp³-hybridized carbons (Fsp3) is 0.263. The number of benzene rings is 2. The van der Waals surface area contributed by atoms with Crippen LogP contribution in [-0.4, -0.2) is 22.8 Å². The third-order valence-corrected chi connectivity index (χ3v) is 4.63. The molecule has 2 heterocycles. The number of rotatable bonds is 1. The SMILES string of the molecule is CC(C)N1C(=O)c2ccccc2[C@H]2C(=O)Oc3ccccc3[C@@H]21. The van der Waals surface area contributed by atoms with E-state index in [1.807, 2.05) is 55.1 Å². The van der Waals surface area contributed by atoms with Gasteiger partial charge in [-0.05, 0) is 31.5 Å². The maximum atomic E-state index is 13.0. The van der Waals surface area contributed by atoms with Gasteiger partial charge in [0.25, 0.3) is 5.91 Å². The van der Waals surface area contributed by atoms with Crippen LogP contribution >= 0.6 is 0 Å². The summed E-state index contributed by atoms with van der Waals surface area (Å²) in [6, 6.07) is 14.5. The molecule has 0 bridgehead atoms. The van der Waals surface area contributed by atoms with Crippen molar-refractivity contribution in [2.24, 2.45) is 0 Å². The van der Waals surface area contributed by atoms with Crippen molar-refractivity contribution in [3.63, 3.8) is 0 Å². The minimum Gasteiger partial charge on any atom is -0.426 e. The minimum atomic E-state index is -0.471. The van der Waals surface area contributed by atoms with Gasteiger partial charge < -0.3 is 9.64 Å². The van der Waals surface area contributed by atoms with Crippen molar-refractivity contribution in [3.05, 3.63) is 65.2 Å². The third kappa shape index (κ3) is 1.91. The molecule has 23 heavy (non-hydrogen) atoms. The topological polar surface area (TPSA) is 46.6 Å². The molecule has 0 unspecified atom stereocenters. The third-order valence-electron chi connectivity index (χ3n) is 4.63. The highest BCUT2D eigenvalue weighted by atomic mass is 16.5. The zero-order valence-electron chi connectivity index (χ0n) is 13.0. The van der Waals surface area contributed by atoms with Crippen molar-refractivity contribution in [1.82, 2.24) is 4.90 Å². The lowest BCUT2D eigenvalue weighted by Gasteiger charge is -2.45. The van der Waals surface area contributed by atoms with Crippen LogP contribution in [0.5, 0.6) is 5.75 Å². The molecule has 0 aromatic heterocycles. The molecular formula is C19H17NO3. The Bertz CT molecular complexity index is 812. The van der Waals surface area contributed by atoms with Crippen molar-refractivity contribution >= 4 is 11.9 Å². The Morgan fingerprint density at radius 3 is 2.35 bits per heavy atom. The molecule has 2 aliphatic heterocycles. The van der Waals surface area contributed by atoms with Crippen molar-refractivity contribution in [2.75, 3.05) is 0 Å². The van der Waals surface area contributed by atoms with E-state index < -0.39 is 5.92 Å². The zero-order chi connectivity index (χ0) is 16.1. The first kappa shape index (κ1) is 14.0. The molecule has 1 amide bonds. The van der Waals surface area contributed by atoms with E-state index in [2.05, 4.69) is 0 Å². The number of para-hydroxylation sites is 1. The molecule has 0 saturated carbocycles. The second kappa shape index (κ2) is 4.95. The number of ether oxygens (including phenoxy) is 1. The summed E-state index contributed by atoms with van der Waals surface area (Å²) < 4.78 is 5.54. The Hall–Kier alpha value is -2.62. The molecule has 2 aromatic carbocycles. The van der Waals surface area contributed by atoms with Gasteiger partial charge in [0.05, 0.1) is 6.04 Å². The van der Waals surface area contributed by atoms with E-state index in [9.17, 15) is 9.59 Å². The van der Waals surface area contributed by atoms with E-state index in [4.69, 9.17) is 4.74 Å². The smallest absolute Gasteiger partial charge is 0.321 e. The highest BCUT2D eigenvalue weighted by Crippen LogP contribution is 2.49. The summed E-state index contributed by atoms with van der Waals surface area (Å²) >= 11 is 0. The molecule has 4 nitrogen and oxygen atoms in total. The molecule has 4 heteroatoms. The first-order valence-electron chi connectivity index (χ1n) is 7.82. The largest absolute Gasteiger partial charge is 0.426 e. The van der Waals surface area contributed by atoms with Crippen LogP contribution in [0.1, 0.15) is 47.3 Å². The van der Waals surface area contributed by atoms with Gasteiger partial charge in [0.2, 0.25) is 0 Å². The number of amides is 1. The quantitative estimate of drug-likeness (QED) is 0.600. The Labute approximate surface area is 134 Å². The van der Waals surface area contributed by atoms with Gasteiger partial charge >= 0.3 is 5.97 Å². The van der Waals surface area contributed by atoms with E-state index in [0.29, 0.717) is 11.3 Å². The normalized spacial score (nSPS) is 22.3. The second-order valence-electron chi connectivity index (χ2n) is 6.27. The summed E-state index contributed by atoms with van der Waals surface area (Å²) in [5.41, 5.74) is 2.26. The molecule has 0 aliphatic carbocycles. The van der Waals surface area contributed by atoms with Crippen LogP contribution in [-0.2, 0) is 4.79 Å². The van der Waals surface area contributed by atoms with Gasteiger partial charge in [-0.3, -0.25) is 9.59 Å². The van der Waals surface area contributed by atoms with Crippen LogP contribution in [0.2, 0.25) is 0 Å². The van der Waals surface area contributed by atoms with E-state index in [-0.39, 0.29) is 24.0 Å². The number of carbonyl (C=O) groups is 2. The summed E-state index contributed by atoms with van der Waals surface area (Å²) in [5.74, 6) is -0.238. The highest BCUT2D eigenvalue weighted by Gasteiger charge is 2.49. The van der Waals surface area contributed by atoms with Gasteiger partial charge in [-0.25, -0.2) is 0 Å². The van der Waals surface area contributed by atoms with E-state index >= 15 is 0 Å². The number of nitrogens with zero attached hydrogens (tertiary/aromatic N) is 1. The van der Waals surface area contributed by atoms with Crippen LogP contribution in [0.4, 0.5) is 0 Å². The van der Waals surface area contributed by atoms with Crippen LogP contribution in [0.15, 0.2) is 48.5 Å². The lowest BCUT2D eigenvalue weighted by Crippen LogP contribution is -2.50. The Morgan fingerprint density at radius 1 is 0.957 bits per heavy atom. The van der Waals surface area contributed by atoms with Gasteiger partial charge in [0.1, 0.15) is 11.7 Å². The predicted octanol–water partition coefficient (Wildman–Crippen LogP) is 3.29. The predicted molar refractivity (Wildman–Crippen MR) is 85.3 cm³/mol. The lowest BCUT2D eigenvalue weighted by molar-refractivity contribution is -0.139. The fourth-order valence-electron chi connectivity index (χ4n) is 3.69. The van der Waals surface area contributed by atoms with Crippen LogP contribution in [0, 0.1) is 0 Å². The molecule has 2 aliphatic rings. The van der Waals surface area contributed by atoms with Crippen LogP contribution in [0.25, 0.3) is 0 Å². The zero-order valence-corrected chi connectivity index (χ0v) is 13.0. The van der Waals surface area contributed by atoms with Crippen molar-refractivity contribution in [2.45, 2.75) is 31.8 Å². The van der Waals surface area contributed by atoms with Gasteiger partial charge in [-0.15, -0.1) is 0 Å². The monoisotopic (exact) mass is 307 g/mol. The first-order valence-corrected chi connectivity index (χ1v) is 7.82. The van der Waals surface area contributed by atoms with E-state index in [1.54, 1.807) is 12.1 Å². The summed E-state index contributed by atoms with van der Waals surface area (Å²) in [5, 5.41) is 0. The number of fused-ring (bicyclic) bond motifs is 5. The molecule has 0 N–H and O–H groups in total. The lowest BCUT2D eigenvalue weighted by atomic mass is 9.77. The summed E-state index contributed by atoms with van der Waals surface area (Å²) in [7, 11) is 0. The molecule has 0 spiro atoms. The molecular weight excluding hydrogens is 290 g/mol. The molecule has 2 aromatic rings. The van der Waals surface area contributed by atoms with Crippen LogP contribution < -0.4 is 4.74 Å². The van der Waals surface area contributed by atoms with Gasteiger partial charge in [-0.1, -0.05) is 36.4 Å². The number of hydrogen-bond acceptors (Lipinski definition) is 3. The molecule has 0 fully saturated rings. The average Bonchev–Trinajstić information content (AvgIpc) is 2.54. The van der Waals surface area contributed by atoms with Crippen LogP contribution in [0.3, 0.4) is 0 Å². The van der Waals surface area contributed by atoms with Gasteiger partial charge in [0.15, 0.2) is 0 Å². The second-order valence-corrected chi connectivity index (χ2v) is 6.27.